The first-order valence-corrected chi connectivity index (χ1v) is 7.75. The van der Waals surface area contributed by atoms with Crippen LogP contribution < -0.4 is 15.5 Å². The van der Waals surface area contributed by atoms with Crippen molar-refractivity contribution in [1.29, 1.82) is 0 Å². The predicted octanol–water partition coefficient (Wildman–Crippen LogP) is 1.04. The van der Waals surface area contributed by atoms with E-state index < -0.39 is 0 Å². The van der Waals surface area contributed by atoms with Gasteiger partial charge in [0.2, 0.25) is 0 Å². The summed E-state index contributed by atoms with van der Waals surface area (Å²) in [4.78, 5) is 27.8. The van der Waals surface area contributed by atoms with Gasteiger partial charge in [0.1, 0.15) is 0 Å². The molecule has 6 heteroatoms. The summed E-state index contributed by atoms with van der Waals surface area (Å²) in [6, 6.07) is 7.83. The van der Waals surface area contributed by atoms with Gasteiger partial charge in [0, 0.05) is 49.5 Å². The van der Waals surface area contributed by atoms with Crippen molar-refractivity contribution in [3.05, 3.63) is 29.8 Å². The van der Waals surface area contributed by atoms with Gasteiger partial charge in [-0.25, -0.2) is 4.79 Å². The maximum absolute atomic E-state index is 12.6. The molecule has 2 atom stereocenters. The molecule has 0 saturated carbocycles. The third-order valence-electron chi connectivity index (χ3n) is 4.13. The van der Waals surface area contributed by atoms with E-state index >= 15 is 0 Å². The highest BCUT2D eigenvalue weighted by Gasteiger charge is 2.26. The zero-order chi connectivity index (χ0) is 15.7. The van der Waals surface area contributed by atoms with Crippen molar-refractivity contribution < 1.29 is 9.59 Å². The largest absolute Gasteiger partial charge is 0.336 e. The number of nitrogens with one attached hydrogen (secondary N) is 2. The van der Waals surface area contributed by atoms with Gasteiger partial charge in [0.15, 0.2) is 0 Å². The number of hydrogen-bond acceptors (Lipinski definition) is 3. The van der Waals surface area contributed by atoms with Gasteiger partial charge in [-0.3, -0.25) is 9.69 Å². The Morgan fingerprint density at radius 2 is 1.77 bits per heavy atom. The minimum atomic E-state index is -0.0798. The molecule has 118 valence electrons. The van der Waals surface area contributed by atoms with Crippen LogP contribution in [0.1, 0.15) is 24.2 Å². The fraction of sp³-hybridized carbons (Fsp3) is 0.500. The molecular weight excluding hydrogens is 280 g/mol. The summed E-state index contributed by atoms with van der Waals surface area (Å²) in [6.45, 7) is 6.95. The Bertz CT molecular complexity index is 562. The van der Waals surface area contributed by atoms with Crippen molar-refractivity contribution in [2.75, 3.05) is 31.1 Å². The average molecular weight is 302 g/mol. The minimum Gasteiger partial charge on any atom is -0.336 e. The van der Waals surface area contributed by atoms with Crippen LogP contribution in [0.2, 0.25) is 0 Å². The summed E-state index contributed by atoms with van der Waals surface area (Å²) in [5, 5.41) is 6.19. The molecule has 2 aliphatic heterocycles. The molecule has 0 spiro atoms. The number of anilines is 1. The summed E-state index contributed by atoms with van der Waals surface area (Å²) < 4.78 is 0. The first-order chi connectivity index (χ1) is 10.5. The number of rotatable bonds is 2. The first-order valence-electron chi connectivity index (χ1n) is 7.75. The normalized spacial score (nSPS) is 25.3. The second-order valence-electron chi connectivity index (χ2n) is 6.11. The molecule has 22 heavy (non-hydrogen) atoms. The Hall–Kier alpha value is -2.08. The Balaban J connectivity index is 1.72. The van der Waals surface area contributed by atoms with E-state index in [-0.39, 0.29) is 11.9 Å². The molecule has 0 radical (unpaired) electrons. The lowest BCUT2D eigenvalue weighted by molar-refractivity contribution is 0.0674. The van der Waals surface area contributed by atoms with Crippen LogP contribution >= 0.6 is 0 Å². The van der Waals surface area contributed by atoms with Crippen LogP contribution in [-0.4, -0.2) is 55.1 Å². The third-order valence-corrected chi connectivity index (χ3v) is 4.13. The lowest BCUT2D eigenvalue weighted by atomic mass is 10.1. The van der Waals surface area contributed by atoms with Crippen LogP contribution in [0.3, 0.4) is 0 Å². The van der Waals surface area contributed by atoms with E-state index in [0.717, 1.165) is 18.8 Å². The van der Waals surface area contributed by atoms with Gasteiger partial charge in [-0.1, -0.05) is 0 Å². The van der Waals surface area contributed by atoms with E-state index in [9.17, 15) is 9.59 Å². The number of amides is 3. The van der Waals surface area contributed by atoms with Crippen LogP contribution in [0.5, 0.6) is 0 Å². The first kappa shape index (κ1) is 14.8. The molecule has 2 fully saturated rings. The van der Waals surface area contributed by atoms with Crippen LogP contribution in [-0.2, 0) is 0 Å². The van der Waals surface area contributed by atoms with E-state index in [0.29, 0.717) is 30.7 Å². The second kappa shape index (κ2) is 5.96. The zero-order valence-electron chi connectivity index (χ0n) is 13.0. The number of urea groups is 1. The number of piperazine rings is 1. The van der Waals surface area contributed by atoms with E-state index in [2.05, 4.69) is 24.5 Å². The highest BCUT2D eigenvalue weighted by molar-refractivity contribution is 5.97. The third kappa shape index (κ3) is 2.92. The van der Waals surface area contributed by atoms with Crippen LogP contribution in [0.15, 0.2) is 24.3 Å². The summed E-state index contributed by atoms with van der Waals surface area (Å²) in [5.41, 5.74) is 1.50. The molecule has 0 bridgehead atoms. The van der Waals surface area contributed by atoms with Gasteiger partial charge < -0.3 is 15.5 Å². The second-order valence-corrected chi connectivity index (χ2v) is 6.11. The van der Waals surface area contributed by atoms with Crippen LogP contribution in [0.4, 0.5) is 10.5 Å². The van der Waals surface area contributed by atoms with Crippen molar-refractivity contribution in [3.63, 3.8) is 0 Å². The lowest BCUT2D eigenvalue weighted by Gasteiger charge is -2.36. The standard InChI is InChI=1S/C16H22N4O2/c1-11-9-19(10-12(2)18-11)15(21)13-3-5-14(6-4-13)20-8-7-17-16(20)22/h3-6,11-12,18H,7-10H2,1-2H3,(H,17,22). The van der Waals surface area contributed by atoms with E-state index in [1.54, 1.807) is 17.0 Å². The zero-order valence-corrected chi connectivity index (χ0v) is 13.0. The van der Waals surface area contributed by atoms with E-state index in [1.807, 2.05) is 17.0 Å². The van der Waals surface area contributed by atoms with Crippen LogP contribution in [0, 0.1) is 0 Å². The molecule has 2 N–H and O–H groups in total. The number of carbonyl (C=O) groups excluding carboxylic acids is 2. The van der Waals surface area contributed by atoms with E-state index in [1.165, 1.54) is 0 Å². The number of carbonyl (C=O) groups is 2. The molecule has 2 aliphatic rings. The van der Waals surface area contributed by atoms with Crippen molar-refractivity contribution >= 4 is 17.6 Å². The molecule has 2 saturated heterocycles. The quantitative estimate of drug-likeness (QED) is 0.858. The summed E-state index contributed by atoms with van der Waals surface area (Å²) >= 11 is 0. The molecule has 2 heterocycles. The molecule has 1 aromatic carbocycles. The van der Waals surface area contributed by atoms with Gasteiger partial charge >= 0.3 is 6.03 Å². The molecule has 2 unspecified atom stereocenters. The molecule has 0 aliphatic carbocycles. The summed E-state index contributed by atoms with van der Waals surface area (Å²) in [5.74, 6) is 0.0534. The van der Waals surface area contributed by atoms with Crippen LogP contribution in [0.25, 0.3) is 0 Å². The lowest BCUT2D eigenvalue weighted by Crippen LogP contribution is -2.55. The summed E-state index contributed by atoms with van der Waals surface area (Å²) in [7, 11) is 0. The number of nitrogens with zero attached hydrogens (tertiary/aromatic N) is 2. The molecule has 1 aromatic rings. The average Bonchev–Trinajstić information content (AvgIpc) is 2.92. The monoisotopic (exact) mass is 302 g/mol. The fourth-order valence-electron chi connectivity index (χ4n) is 3.18. The molecule has 6 nitrogen and oxygen atoms in total. The van der Waals surface area contributed by atoms with Gasteiger partial charge in [0.05, 0.1) is 0 Å². The van der Waals surface area contributed by atoms with Crippen molar-refractivity contribution in [2.45, 2.75) is 25.9 Å². The fourth-order valence-corrected chi connectivity index (χ4v) is 3.18. The van der Waals surface area contributed by atoms with Crippen molar-refractivity contribution in [2.24, 2.45) is 0 Å². The van der Waals surface area contributed by atoms with E-state index in [4.69, 9.17) is 0 Å². The number of benzene rings is 1. The Morgan fingerprint density at radius 3 is 2.32 bits per heavy atom. The highest BCUT2D eigenvalue weighted by atomic mass is 16.2. The SMILES string of the molecule is CC1CN(C(=O)c2ccc(N3CCNC3=O)cc2)CC(C)N1. The molecule has 3 rings (SSSR count). The van der Waals surface area contributed by atoms with Gasteiger partial charge in [-0.2, -0.15) is 0 Å². The number of hydrogen-bond donors (Lipinski definition) is 2. The maximum Gasteiger partial charge on any atom is 0.321 e. The van der Waals surface area contributed by atoms with Crippen molar-refractivity contribution in [3.8, 4) is 0 Å². The Kier molecular flexibility index (Phi) is 4.02. The smallest absolute Gasteiger partial charge is 0.321 e. The molecule has 3 amide bonds. The van der Waals surface area contributed by atoms with Gasteiger partial charge in [-0.05, 0) is 38.1 Å². The highest BCUT2D eigenvalue weighted by Crippen LogP contribution is 2.18. The van der Waals surface area contributed by atoms with Gasteiger partial charge in [-0.15, -0.1) is 0 Å². The topological polar surface area (TPSA) is 64.7 Å². The Morgan fingerprint density at radius 1 is 1.14 bits per heavy atom. The molecule has 0 aromatic heterocycles. The molecular formula is C16H22N4O2. The summed E-state index contributed by atoms with van der Waals surface area (Å²) in [6.07, 6.45) is 0. The Labute approximate surface area is 130 Å². The predicted molar refractivity (Wildman–Crippen MR) is 85.1 cm³/mol. The van der Waals surface area contributed by atoms with Gasteiger partial charge in [0.25, 0.3) is 5.91 Å². The van der Waals surface area contributed by atoms with Crippen molar-refractivity contribution in [1.82, 2.24) is 15.5 Å². The maximum atomic E-state index is 12.6. The minimum absolute atomic E-state index is 0.0534.